The normalized spacial score (nSPS) is 10.2. The number of hydrogen-bond acceptors (Lipinski definition) is 4. The van der Waals surface area contributed by atoms with Crippen molar-refractivity contribution in [2.75, 3.05) is 7.11 Å². The number of amides is 1. The van der Waals surface area contributed by atoms with Gasteiger partial charge in [0.1, 0.15) is 5.75 Å². The standard InChI is InChI=1S/C15H12ClIN2O4/c1-23-14-7-13(17)12(16)6-11(14)15(20)18-8-9-2-4-10(5-3-9)19(21)22/h2-7H,8H2,1H3,(H,18,20). The van der Waals surface area contributed by atoms with E-state index < -0.39 is 4.92 Å². The van der Waals surface area contributed by atoms with Gasteiger partial charge in [0.25, 0.3) is 11.6 Å². The third kappa shape index (κ3) is 4.32. The predicted octanol–water partition coefficient (Wildman–Crippen LogP) is 3.79. The number of hydrogen-bond donors (Lipinski definition) is 1. The van der Waals surface area contributed by atoms with Crippen molar-refractivity contribution >= 4 is 45.8 Å². The van der Waals surface area contributed by atoms with Crippen LogP contribution in [-0.2, 0) is 6.54 Å². The van der Waals surface area contributed by atoms with E-state index in [1.165, 1.54) is 19.2 Å². The molecule has 0 fully saturated rings. The van der Waals surface area contributed by atoms with E-state index in [-0.39, 0.29) is 18.1 Å². The van der Waals surface area contributed by atoms with Crippen molar-refractivity contribution in [3.05, 3.63) is 66.2 Å². The molecule has 0 saturated carbocycles. The summed E-state index contributed by atoms with van der Waals surface area (Å²) in [7, 11) is 1.48. The molecule has 1 N–H and O–H groups in total. The SMILES string of the molecule is COc1cc(I)c(Cl)cc1C(=O)NCc1ccc([N+](=O)[O-])cc1. The molecular weight excluding hydrogens is 435 g/mol. The lowest BCUT2D eigenvalue weighted by molar-refractivity contribution is -0.384. The second-order valence-corrected chi connectivity index (χ2v) is 6.14. The van der Waals surface area contributed by atoms with Gasteiger partial charge in [-0.1, -0.05) is 23.7 Å². The quantitative estimate of drug-likeness (QED) is 0.430. The lowest BCUT2D eigenvalue weighted by Gasteiger charge is -2.11. The molecule has 0 spiro atoms. The molecular formula is C15H12ClIN2O4. The first-order valence-electron chi connectivity index (χ1n) is 6.47. The molecule has 2 rings (SSSR count). The van der Waals surface area contributed by atoms with Crippen molar-refractivity contribution in [2.24, 2.45) is 0 Å². The number of nitro groups is 1. The zero-order valence-corrected chi connectivity index (χ0v) is 14.9. The van der Waals surface area contributed by atoms with Gasteiger partial charge in [0.2, 0.25) is 0 Å². The Morgan fingerprint density at radius 3 is 2.57 bits per heavy atom. The molecule has 0 radical (unpaired) electrons. The van der Waals surface area contributed by atoms with Crippen molar-refractivity contribution in [2.45, 2.75) is 6.54 Å². The highest BCUT2D eigenvalue weighted by Gasteiger charge is 2.15. The van der Waals surface area contributed by atoms with Crippen LogP contribution in [0.2, 0.25) is 5.02 Å². The lowest BCUT2D eigenvalue weighted by Crippen LogP contribution is -2.23. The van der Waals surface area contributed by atoms with Crippen LogP contribution in [0.25, 0.3) is 0 Å². The largest absolute Gasteiger partial charge is 0.496 e. The topological polar surface area (TPSA) is 81.5 Å². The van der Waals surface area contributed by atoms with E-state index in [0.29, 0.717) is 16.3 Å². The Labute approximate surface area is 151 Å². The van der Waals surface area contributed by atoms with E-state index in [1.807, 2.05) is 0 Å². The van der Waals surface area contributed by atoms with Crippen molar-refractivity contribution < 1.29 is 14.5 Å². The highest BCUT2D eigenvalue weighted by atomic mass is 127. The molecule has 0 aliphatic carbocycles. The fourth-order valence-corrected chi connectivity index (χ4v) is 2.49. The Morgan fingerprint density at radius 2 is 2.00 bits per heavy atom. The number of nitro benzene ring substituents is 1. The zero-order chi connectivity index (χ0) is 17.0. The second-order valence-electron chi connectivity index (χ2n) is 4.57. The van der Waals surface area contributed by atoms with Crippen LogP contribution in [0.4, 0.5) is 5.69 Å². The summed E-state index contributed by atoms with van der Waals surface area (Å²) in [6.07, 6.45) is 0. The van der Waals surface area contributed by atoms with E-state index in [2.05, 4.69) is 27.9 Å². The Kier molecular flexibility index (Phi) is 5.78. The number of ether oxygens (including phenoxy) is 1. The van der Waals surface area contributed by atoms with Gasteiger partial charge in [-0.15, -0.1) is 0 Å². The van der Waals surface area contributed by atoms with Gasteiger partial charge in [-0.25, -0.2) is 0 Å². The number of non-ortho nitro benzene ring substituents is 1. The minimum atomic E-state index is -0.471. The molecule has 0 aliphatic rings. The number of methoxy groups -OCH3 is 1. The molecule has 8 heteroatoms. The fraction of sp³-hybridized carbons (Fsp3) is 0.133. The monoisotopic (exact) mass is 446 g/mol. The number of nitrogens with one attached hydrogen (secondary N) is 1. The van der Waals surface area contributed by atoms with Crippen LogP contribution in [0, 0.1) is 13.7 Å². The number of carbonyl (C=O) groups is 1. The molecule has 23 heavy (non-hydrogen) atoms. The van der Waals surface area contributed by atoms with Crippen LogP contribution in [0.1, 0.15) is 15.9 Å². The maximum absolute atomic E-state index is 12.3. The third-order valence-electron chi connectivity index (χ3n) is 3.09. The molecule has 120 valence electrons. The lowest BCUT2D eigenvalue weighted by atomic mass is 10.1. The maximum Gasteiger partial charge on any atom is 0.269 e. The molecule has 0 heterocycles. The predicted molar refractivity (Wildman–Crippen MR) is 95.0 cm³/mol. The highest BCUT2D eigenvalue weighted by molar-refractivity contribution is 14.1. The maximum atomic E-state index is 12.3. The summed E-state index contributed by atoms with van der Waals surface area (Å²) in [5, 5.41) is 13.8. The molecule has 0 saturated heterocycles. The average molecular weight is 447 g/mol. The van der Waals surface area contributed by atoms with Gasteiger partial charge >= 0.3 is 0 Å². The summed E-state index contributed by atoms with van der Waals surface area (Å²) in [5.41, 5.74) is 1.09. The summed E-state index contributed by atoms with van der Waals surface area (Å²) in [4.78, 5) is 22.4. The zero-order valence-electron chi connectivity index (χ0n) is 12.0. The van der Waals surface area contributed by atoms with E-state index in [4.69, 9.17) is 16.3 Å². The minimum absolute atomic E-state index is 0.00571. The molecule has 0 bridgehead atoms. The van der Waals surface area contributed by atoms with Crippen LogP contribution in [-0.4, -0.2) is 17.9 Å². The second kappa shape index (κ2) is 7.60. The molecule has 2 aromatic rings. The molecule has 0 atom stereocenters. The fourth-order valence-electron chi connectivity index (χ4n) is 1.89. The van der Waals surface area contributed by atoms with Gasteiger partial charge in [-0.3, -0.25) is 14.9 Å². The summed E-state index contributed by atoms with van der Waals surface area (Å²) < 4.78 is 5.98. The highest BCUT2D eigenvalue weighted by Crippen LogP contribution is 2.28. The van der Waals surface area contributed by atoms with Crippen molar-refractivity contribution in [3.8, 4) is 5.75 Å². The molecule has 0 aromatic heterocycles. The smallest absolute Gasteiger partial charge is 0.269 e. The van der Waals surface area contributed by atoms with E-state index in [0.717, 1.165) is 9.13 Å². The minimum Gasteiger partial charge on any atom is -0.496 e. The van der Waals surface area contributed by atoms with Crippen molar-refractivity contribution in [1.82, 2.24) is 5.32 Å². The Bertz CT molecular complexity index is 750. The average Bonchev–Trinajstić information content (AvgIpc) is 2.55. The number of nitrogens with zero attached hydrogens (tertiary/aromatic N) is 1. The summed E-state index contributed by atoms with van der Waals surface area (Å²) >= 11 is 8.10. The number of halogens is 2. The van der Waals surface area contributed by atoms with Crippen LogP contribution in [0.3, 0.4) is 0 Å². The van der Waals surface area contributed by atoms with Gasteiger partial charge < -0.3 is 10.1 Å². The number of benzene rings is 2. The van der Waals surface area contributed by atoms with Crippen LogP contribution >= 0.6 is 34.2 Å². The van der Waals surface area contributed by atoms with E-state index in [9.17, 15) is 14.9 Å². The Morgan fingerprint density at radius 1 is 1.35 bits per heavy atom. The Hall–Kier alpha value is -1.87. The van der Waals surface area contributed by atoms with Gasteiger partial charge in [0.15, 0.2) is 0 Å². The van der Waals surface area contributed by atoms with Crippen molar-refractivity contribution in [3.63, 3.8) is 0 Å². The molecule has 1 amide bonds. The number of carbonyl (C=O) groups excluding carboxylic acids is 1. The summed E-state index contributed by atoms with van der Waals surface area (Å²) in [6.45, 7) is 0.240. The molecule has 2 aromatic carbocycles. The van der Waals surface area contributed by atoms with Crippen LogP contribution in [0.15, 0.2) is 36.4 Å². The van der Waals surface area contributed by atoms with Crippen molar-refractivity contribution in [1.29, 1.82) is 0 Å². The summed E-state index contributed by atoms with van der Waals surface area (Å²) in [5.74, 6) is 0.0958. The molecule has 6 nitrogen and oxygen atoms in total. The summed E-state index contributed by atoms with van der Waals surface area (Å²) in [6, 6.07) is 9.21. The first-order valence-corrected chi connectivity index (χ1v) is 7.92. The molecule has 0 aliphatic heterocycles. The number of rotatable bonds is 5. The molecule has 0 unspecified atom stereocenters. The van der Waals surface area contributed by atoms with Crippen LogP contribution in [0.5, 0.6) is 5.75 Å². The third-order valence-corrected chi connectivity index (χ3v) is 4.61. The van der Waals surface area contributed by atoms with Gasteiger partial charge in [-0.05, 0) is 40.3 Å². The Balaban J connectivity index is 2.10. The first-order chi connectivity index (χ1) is 10.9. The van der Waals surface area contributed by atoms with Gasteiger partial charge in [-0.2, -0.15) is 0 Å². The van der Waals surface area contributed by atoms with E-state index in [1.54, 1.807) is 24.3 Å². The van der Waals surface area contributed by atoms with Gasteiger partial charge in [0, 0.05) is 22.2 Å². The van der Waals surface area contributed by atoms with Crippen LogP contribution < -0.4 is 10.1 Å². The van der Waals surface area contributed by atoms with Gasteiger partial charge in [0.05, 0.1) is 22.6 Å². The van der Waals surface area contributed by atoms with E-state index >= 15 is 0 Å². The first kappa shape index (κ1) is 17.5.